The van der Waals surface area contributed by atoms with Crippen LogP contribution in [0.1, 0.15) is 48.0 Å². The Labute approximate surface area is 204 Å². The van der Waals surface area contributed by atoms with Crippen molar-refractivity contribution in [1.29, 1.82) is 0 Å². The summed E-state index contributed by atoms with van der Waals surface area (Å²) in [7, 11) is 0. The highest BCUT2D eigenvalue weighted by molar-refractivity contribution is 5.96. The number of rotatable bonds is 14. The van der Waals surface area contributed by atoms with Gasteiger partial charge in [0.05, 0.1) is 6.61 Å². The summed E-state index contributed by atoms with van der Waals surface area (Å²) in [6.45, 7) is 8.65. The average Bonchev–Trinajstić information content (AvgIpc) is 2.76. The lowest BCUT2D eigenvalue weighted by atomic mass is 10.0. The van der Waals surface area contributed by atoms with Gasteiger partial charge in [0, 0.05) is 0 Å². The highest BCUT2D eigenvalue weighted by atomic mass is 16.3. The average molecular weight is 502 g/mol. The van der Waals surface area contributed by atoms with Gasteiger partial charge in [-0.15, -0.1) is 0 Å². The van der Waals surface area contributed by atoms with Crippen molar-refractivity contribution in [2.24, 2.45) is 17.4 Å². The molecule has 0 unspecified atom stereocenters. The second kappa shape index (κ2) is 14.9. The lowest BCUT2D eigenvalue weighted by molar-refractivity contribution is -0.134. The van der Waals surface area contributed by atoms with E-state index in [2.05, 4.69) is 26.6 Å². The molecule has 0 spiro atoms. The third-order valence-electron chi connectivity index (χ3n) is 4.92. The largest absolute Gasteiger partial charge is 0.394 e. The Morgan fingerprint density at radius 2 is 1.00 bits per heavy atom. The Hall–Kier alpha value is -3.26. The number of hydrogen-bond acceptors (Lipinski definition) is 8. The molecule has 0 aromatic heterocycles. The second-order valence-electron chi connectivity index (χ2n) is 8.80. The molecule has 0 bridgehead atoms. The number of carbonyl (C=O) groups excluding carboxylic acids is 6. The van der Waals surface area contributed by atoms with Crippen LogP contribution in [0.2, 0.25) is 0 Å². The summed E-state index contributed by atoms with van der Waals surface area (Å²) in [5, 5.41) is 21.1. The number of amides is 6. The molecule has 200 valence electrons. The van der Waals surface area contributed by atoms with Gasteiger partial charge in [-0.05, 0) is 40.0 Å². The van der Waals surface area contributed by atoms with Crippen LogP contribution in [0.25, 0.3) is 0 Å². The molecule has 14 heteroatoms. The van der Waals surface area contributed by atoms with Crippen LogP contribution in [0, 0.1) is 5.92 Å². The second-order valence-corrected chi connectivity index (χ2v) is 8.80. The van der Waals surface area contributed by atoms with Gasteiger partial charge >= 0.3 is 0 Å². The number of carbonyl (C=O) groups is 6. The molecule has 6 amide bonds. The number of aliphatic hydroxyl groups excluding tert-OH is 1. The van der Waals surface area contributed by atoms with Crippen molar-refractivity contribution in [3.05, 3.63) is 0 Å². The number of nitrogens with one attached hydrogen (secondary N) is 5. The first-order chi connectivity index (χ1) is 16.1. The molecule has 0 heterocycles. The highest BCUT2D eigenvalue weighted by Gasteiger charge is 2.28. The minimum atomic E-state index is -1.19. The Morgan fingerprint density at radius 3 is 1.34 bits per heavy atom. The van der Waals surface area contributed by atoms with E-state index in [0.29, 0.717) is 0 Å². The van der Waals surface area contributed by atoms with Crippen molar-refractivity contribution < 1.29 is 33.9 Å². The van der Waals surface area contributed by atoms with Crippen molar-refractivity contribution in [2.45, 2.75) is 84.2 Å². The van der Waals surface area contributed by atoms with Crippen molar-refractivity contribution in [2.75, 3.05) is 6.61 Å². The van der Waals surface area contributed by atoms with Gasteiger partial charge < -0.3 is 43.2 Å². The summed E-state index contributed by atoms with van der Waals surface area (Å²) in [6, 6.07) is -6.23. The third-order valence-corrected chi connectivity index (χ3v) is 4.92. The number of nitrogens with two attached hydrogens (primary N) is 2. The molecule has 0 fully saturated rings. The van der Waals surface area contributed by atoms with Gasteiger partial charge in [0.25, 0.3) is 0 Å². The lowest BCUT2D eigenvalue weighted by Gasteiger charge is -2.24. The van der Waals surface area contributed by atoms with Gasteiger partial charge in [-0.25, -0.2) is 0 Å². The molecular weight excluding hydrogens is 462 g/mol. The van der Waals surface area contributed by atoms with E-state index in [9.17, 15) is 28.8 Å². The normalized spacial score (nSPS) is 16.0. The van der Waals surface area contributed by atoms with Crippen molar-refractivity contribution in [3.63, 3.8) is 0 Å². The molecular formula is C21H39N7O7. The van der Waals surface area contributed by atoms with Crippen LogP contribution in [0.3, 0.4) is 0 Å². The van der Waals surface area contributed by atoms with E-state index in [4.69, 9.17) is 16.6 Å². The molecule has 0 aromatic rings. The van der Waals surface area contributed by atoms with E-state index in [1.165, 1.54) is 27.7 Å². The summed E-state index contributed by atoms with van der Waals surface area (Å²) < 4.78 is 0. The van der Waals surface area contributed by atoms with Crippen LogP contribution < -0.4 is 38.1 Å². The van der Waals surface area contributed by atoms with E-state index < -0.39 is 78.3 Å². The van der Waals surface area contributed by atoms with Crippen LogP contribution in [-0.4, -0.2) is 83.4 Å². The molecule has 0 saturated heterocycles. The molecule has 0 radical (unpaired) electrons. The fraction of sp³-hybridized carbons (Fsp3) is 0.714. The van der Waals surface area contributed by atoms with Crippen LogP contribution >= 0.6 is 0 Å². The lowest BCUT2D eigenvalue weighted by Crippen LogP contribution is -2.58. The molecule has 0 aromatic carbocycles. The molecule has 0 rings (SSSR count). The maximum Gasteiger partial charge on any atom is 0.243 e. The zero-order valence-corrected chi connectivity index (χ0v) is 21.0. The van der Waals surface area contributed by atoms with Gasteiger partial charge in [0.2, 0.25) is 35.4 Å². The minimum Gasteiger partial charge on any atom is -0.394 e. The van der Waals surface area contributed by atoms with Crippen LogP contribution in [-0.2, 0) is 28.8 Å². The molecule has 35 heavy (non-hydrogen) atoms. The van der Waals surface area contributed by atoms with Gasteiger partial charge in [-0.1, -0.05) is 13.8 Å². The van der Waals surface area contributed by atoms with E-state index >= 15 is 0 Å². The summed E-state index contributed by atoms with van der Waals surface area (Å²) in [5.74, 6) is -4.04. The summed E-state index contributed by atoms with van der Waals surface area (Å²) >= 11 is 0. The zero-order valence-electron chi connectivity index (χ0n) is 21.0. The number of primary amides is 1. The molecule has 0 aliphatic rings. The predicted octanol–water partition coefficient (Wildman–Crippen LogP) is -3.66. The predicted molar refractivity (Wildman–Crippen MR) is 126 cm³/mol. The monoisotopic (exact) mass is 501 g/mol. The maximum atomic E-state index is 12.7. The van der Waals surface area contributed by atoms with Gasteiger partial charge in [0.15, 0.2) is 0 Å². The van der Waals surface area contributed by atoms with E-state index in [0.717, 1.165) is 0 Å². The van der Waals surface area contributed by atoms with Crippen LogP contribution in [0.4, 0.5) is 0 Å². The van der Waals surface area contributed by atoms with Crippen molar-refractivity contribution >= 4 is 35.4 Å². The maximum absolute atomic E-state index is 12.7. The number of hydrogen-bond donors (Lipinski definition) is 8. The fourth-order valence-electron chi connectivity index (χ4n) is 2.66. The van der Waals surface area contributed by atoms with Gasteiger partial charge in [-0.3, -0.25) is 28.8 Å². The summed E-state index contributed by atoms with van der Waals surface area (Å²) in [5.41, 5.74) is 10.6. The molecule has 0 aliphatic carbocycles. The topological polar surface area (TPSA) is 235 Å². The van der Waals surface area contributed by atoms with E-state index in [1.54, 1.807) is 0 Å². The Balaban J connectivity index is 4.93. The fourth-order valence-corrected chi connectivity index (χ4v) is 2.66. The summed E-state index contributed by atoms with van der Waals surface area (Å²) in [6.07, 6.45) is 0.261. The first-order valence-corrected chi connectivity index (χ1v) is 11.3. The minimum absolute atomic E-state index is 0.0226. The van der Waals surface area contributed by atoms with Crippen LogP contribution in [0.15, 0.2) is 0 Å². The molecule has 6 atom stereocenters. The smallest absolute Gasteiger partial charge is 0.243 e. The molecule has 14 nitrogen and oxygen atoms in total. The Kier molecular flexibility index (Phi) is 13.5. The van der Waals surface area contributed by atoms with Gasteiger partial charge in [0.1, 0.15) is 36.3 Å². The standard InChI is InChI=1S/C21H39N7O7/c1-9(2)7-15(28-20(34)14(22)8-29)21(35)27-13(6)19(33)26-12(5)18(32)25-11(4)17(31)24-10(3)16(23)30/h9-15,29H,7-8,22H2,1-6H3,(H2,23,30)(H,24,31)(H,25,32)(H,26,33)(H,27,35)(H,28,34)/t10-,11-,12-,13-,14-,15-/m0/s1. The molecule has 0 aliphatic heterocycles. The Morgan fingerprint density at radius 1 is 0.629 bits per heavy atom. The summed E-state index contributed by atoms with van der Waals surface area (Å²) in [4.78, 5) is 72.5. The highest BCUT2D eigenvalue weighted by Crippen LogP contribution is 2.06. The molecule has 0 saturated carbocycles. The molecule has 10 N–H and O–H groups in total. The Bertz CT molecular complexity index is 790. The quantitative estimate of drug-likeness (QED) is 0.118. The zero-order chi connectivity index (χ0) is 27.5. The first-order valence-electron chi connectivity index (χ1n) is 11.3. The van der Waals surface area contributed by atoms with Gasteiger partial charge in [-0.2, -0.15) is 0 Å². The van der Waals surface area contributed by atoms with Crippen LogP contribution in [0.5, 0.6) is 0 Å². The number of aliphatic hydroxyl groups is 1. The van der Waals surface area contributed by atoms with E-state index in [-0.39, 0.29) is 12.3 Å². The third kappa shape index (κ3) is 11.6. The SMILES string of the molecule is CC(C)C[C@H](NC(=O)[C@@H](N)CO)C(=O)N[C@@H](C)C(=O)N[C@@H](C)C(=O)N[C@@H](C)C(=O)N[C@@H](C)C(N)=O. The first kappa shape index (κ1) is 31.7. The van der Waals surface area contributed by atoms with E-state index in [1.807, 2.05) is 13.8 Å². The van der Waals surface area contributed by atoms with Crippen molar-refractivity contribution in [3.8, 4) is 0 Å². The van der Waals surface area contributed by atoms with Crippen molar-refractivity contribution in [1.82, 2.24) is 26.6 Å².